The van der Waals surface area contributed by atoms with E-state index >= 15 is 0 Å². The molecule has 0 radical (unpaired) electrons. The summed E-state index contributed by atoms with van der Waals surface area (Å²) in [6.07, 6.45) is 0. The summed E-state index contributed by atoms with van der Waals surface area (Å²) in [6, 6.07) is 6.14. The van der Waals surface area contributed by atoms with Crippen molar-refractivity contribution in [3.8, 4) is 0 Å². The Morgan fingerprint density at radius 1 is 1.39 bits per heavy atom. The Morgan fingerprint density at radius 2 is 2.13 bits per heavy atom. The van der Waals surface area contributed by atoms with Crippen molar-refractivity contribution >= 4 is 53.1 Å². The molecule has 2 unspecified atom stereocenters. The smallest absolute Gasteiger partial charge is 0.193 e. The van der Waals surface area contributed by atoms with Gasteiger partial charge in [0.2, 0.25) is 0 Å². The van der Waals surface area contributed by atoms with Gasteiger partial charge in [-0.15, -0.1) is 24.0 Å². The van der Waals surface area contributed by atoms with Crippen molar-refractivity contribution in [2.45, 2.75) is 19.5 Å². The van der Waals surface area contributed by atoms with Gasteiger partial charge in [0.1, 0.15) is 0 Å². The van der Waals surface area contributed by atoms with Crippen molar-refractivity contribution in [3.05, 3.63) is 33.8 Å². The van der Waals surface area contributed by atoms with E-state index in [1.54, 1.807) is 7.05 Å². The van der Waals surface area contributed by atoms with Crippen LogP contribution in [0.3, 0.4) is 0 Å². The lowest BCUT2D eigenvalue weighted by molar-refractivity contribution is 0.444. The van der Waals surface area contributed by atoms with Crippen LogP contribution in [0.1, 0.15) is 12.5 Å². The van der Waals surface area contributed by atoms with Gasteiger partial charge in [0.05, 0.1) is 10.0 Å². The van der Waals surface area contributed by atoms with E-state index in [0.717, 1.165) is 24.6 Å². The number of halogens is 3. The van der Waals surface area contributed by atoms with Gasteiger partial charge in [0, 0.05) is 45.7 Å². The molecule has 8 heteroatoms. The van der Waals surface area contributed by atoms with E-state index in [2.05, 4.69) is 33.0 Å². The lowest BCUT2D eigenvalue weighted by atomic mass is 10.0. The van der Waals surface area contributed by atoms with Crippen molar-refractivity contribution in [1.29, 1.82) is 0 Å². The van der Waals surface area contributed by atoms with Crippen molar-refractivity contribution in [1.82, 2.24) is 21.1 Å². The lowest BCUT2D eigenvalue weighted by Crippen LogP contribution is -2.42. The number of hydrogen-bond donors (Lipinski definition) is 3. The molecular formula is C15H24Cl2IN5. The van der Waals surface area contributed by atoms with Crippen LogP contribution < -0.4 is 16.2 Å². The van der Waals surface area contributed by atoms with Gasteiger partial charge in [-0.05, 0) is 24.6 Å². The minimum atomic E-state index is 0. The van der Waals surface area contributed by atoms with Crippen molar-refractivity contribution in [3.63, 3.8) is 0 Å². The largest absolute Gasteiger partial charge is 0.356 e. The molecule has 2 rings (SSSR count). The van der Waals surface area contributed by atoms with Gasteiger partial charge in [-0.1, -0.05) is 29.3 Å². The molecule has 0 bridgehead atoms. The standard InChI is InChI=1S/C15H23Cl2N5.HI/c1-10-12(8-20-21-10)7-19-15(18-2)22(3)9-11-4-5-13(16)14(17)6-11;/h4-6,10,12,20-21H,7-9H2,1-3H3,(H,18,19);1H. The van der Waals surface area contributed by atoms with Gasteiger partial charge in [-0.3, -0.25) is 15.8 Å². The number of aliphatic imine (C=N–C) groups is 1. The fourth-order valence-electron chi connectivity index (χ4n) is 2.49. The number of nitrogens with one attached hydrogen (secondary N) is 3. The molecule has 1 aromatic rings. The zero-order valence-corrected chi connectivity index (χ0v) is 17.4. The maximum atomic E-state index is 6.06. The van der Waals surface area contributed by atoms with Crippen LogP contribution in [0.15, 0.2) is 23.2 Å². The minimum absolute atomic E-state index is 0. The lowest BCUT2D eigenvalue weighted by Gasteiger charge is -2.24. The second-order valence-electron chi connectivity index (χ2n) is 5.61. The van der Waals surface area contributed by atoms with Crippen molar-refractivity contribution in [2.24, 2.45) is 10.9 Å². The molecule has 0 saturated carbocycles. The summed E-state index contributed by atoms with van der Waals surface area (Å²) < 4.78 is 0. The van der Waals surface area contributed by atoms with Gasteiger partial charge >= 0.3 is 0 Å². The second-order valence-corrected chi connectivity index (χ2v) is 6.42. The zero-order valence-electron chi connectivity index (χ0n) is 13.6. The molecular weight excluding hydrogens is 448 g/mol. The summed E-state index contributed by atoms with van der Waals surface area (Å²) in [7, 11) is 3.80. The highest BCUT2D eigenvalue weighted by Gasteiger charge is 2.22. The number of rotatable bonds is 4. The maximum Gasteiger partial charge on any atom is 0.193 e. The monoisotopic (exact) mass is 471 g/mol. The van der Waals surface area contributed by atoms with Crippen LogP contribution in [0.2, 0.25) is 10.0 Å². The van der Waals surface area contributed by atoms with Gasteiger partial charge in [-0.25, -0.2) is 0 Å². The van der Waals surface area contributed by atoms with Crippen LogP contribution in [-0.2, 0) is 6.54 Å². The van der Waals surface area contributed by atoms with Crippen LogP contribution in [-0.4, -0.2) is 44.1 Å². The van der Waals surface area contributed by atoms with Gasteiger partial charge < -0.3 is 10.2 Å². The molecule has 2 atom stereocenters. The third-order valence-electron chi connectivity index (χ3n) is 3.90. The number of hydrazine groups is 1. The Hall–Kier alpha value is -0.280. The average Bonchev–Trinajstić information content (AvgIpc) is 2.89. The molecule has 1 aliphatic rings. The first-order valence-electron chi connectivity index (χ1n) is 7.35. The quantitative estimate of drug-likeness (QED) is 0.359. The molecule has 5 nitrogen and oxygen atoms in total. The van der Waals surface area contributed by atoms with Gasteiger partial charge in [0.25, 0.3) is 0 Å². The molecule has 1 saturated heterocycles. The first-order valence-corrected chi connectivity index (χ1v) is 8.11. The molecule has 3 N–H and O–H groups in total. The number of hydrogen-bond acceptors (Lipinski definition) is 3. The highest BCUT2D eigenvalue weighted by atomic mass is 127. The predicted octanol–water partition coefficient (Wildman–Crippen LogP) is 2.73. The molecule has 1 aliphatic heterocycles. The number of benzene rings is 1. The number of guanidine groups is 1. The predicted molar refractivity (Wildman–Crippen MR) is 109 cm³/mol. The summed E-state index contributed by atoms with van der Waals surface area (Å²) in [5.41, 5.74) is 7.49. The molecule has 130 valence electrons. The van der Waals surface area contributed by atoms with E-state index in [1.165, 1.54) is 0 Å². The number of nitrogens with zero attached hydrogens (tertiary/aromatic N) is 2. The average molecular weight is 472 g/mol. The molecule has 1 heterocycles. The van der Waals surface area contributed by atoms with Gasteiger partial charge in [0.15, 0.2) is 5.96 Å². The van der Waals surface area contributed by atoms with E-state index < -0.39 is 0 Å². The molecule has 0 aromatic heterocycles. The molecule has 0 aliphatic carbocycles. The van der Waals surface area contributed by atoms with Crippen LogP contribution in [0.25, 0.3) is 0 Å². The second kappa shape index (κ2) is 9.88. The Morgan fingerprint density at radius 3 is 2.70 bits per heavy atom. The summed E-state index contributed by atoms with van der Waals surface area (Å²) >= 11 is 12.0. The third kappa shape index (κ3) is 5.94. The molecule has 0 spiro atoms. The van der Waals surface area contributed by atoms with Crippen LogP contribution in [0.5, 0.6) is 0 Å². The SMILES string of the molecule is CN=C(NCC1CNNC1C)N(C)Cc1ccc(Cl)c(Cl)c1.I. The van der Waals surface area contributed by atoms with E-state index in [-0.39, 0.29) is 24.0 Å². The molecule has 0 amide bonds. The molecule has 1 fully saturated rings. The highest BCUT2D eigenvalue weighted by Crippen LogP contribution is 2.23. The summed E-state index contributed by atoms with van der Waals surface area (Å²) in [4.78, 5) is 6.41. The Kier molecular flexibility index (Phi) is 8.92. The summed E-state index contributed by atoms with van der Waals surface area (Å²) in [6.45, 7) is 4.73. The molecule has 23 heavy (non-hydrogen) atoms. The summed E-state index contributed by atoms with van der Waals surface area (Å²) in [5, 5.41) is 4.58. The molecule has 1 aromatic carbocycles. The van der Waals surface area contributed by atoms with E-state index in [0.29, 0.717) is 28.5 Å². The van der Waals surface area contributed by atoms with E-state index in [4.69, 9.17) is 23.2 Å². The Bertz CT molecular complexity index is 541. The van der Waals surface area contributed by atoms with Crippen LogP contribution in [0, 0.1) is 5.92 Å². The van der Waals surface area contributed by atoms with Crippen LogP contribution in [0.4, 0.5) is 0 Å². The van der Waals surface area contributed by atoms with E-state index in [9.17, 15) is 0 Å². The zero-order chi connectivity index (χ0) is 16.1. The van der Waals surface area contributed by atoms with Crippen molar-refractivity contribution in [2.75, 3.05) is 27.2 Å². The fraction of sp³-hybridized carbons (Fsp3) is 0.533. The normalized spacial score (nSPS) is 21.0. The maximum absolute atomic E-state index is 6.06. The first kappa shape index (κ1) is 20.8. The summed E-state index contributed by atoms with van der Waals surface area (Å²) in [5.74, 6) is 1.40. The topological polar surface area (TPSA) is 51.7 Å². The Labute approximate surface area is 165 Å². The van der Waals surface area contributed by atoms with Gasteiger partial charge in [-0.2, -0.15) is 0 Å². The minimum Gasteiger partial charge on any atom is -0.356 e. The first-order chi connectivity index (χ1) is 10.5. The Balaban J connectivity index is 0.00000264. The third-order valence-corrected chi connectivity index (χ3v) is 4.64. The highest BCUT2D eigenvalue weighted by molar-refractivity contribution is 14.0. The van der Waals surface area contributed by atoms with E-state index in [1.807, 2.05) is 25.2 Å². The fourth-order valence-corrected chi connectivity index (χ4v) is 2.81. The van der Waals surface area contributed by atoms with Crippen LogP contribution >= 0.6 is 47.2 Å². The van der Waals surface area contributed by atoms with Crippen molar-refractivity contribution < 1.29 is 0 Å².